The Balaban J connectivity index is 1.34. The minimum atomic E-state index is -0.145. The molecule has 0 aromatic heterocycles. The minimum Gasteiger partial charge on any atom is -0.486 e. The number of benzene rings is 3. The van der Waals surface area contributed by atoms with E-state index in [1.165, 1.54) is 0 Å². The average molecular weight is 440 g/mol. The van der Waals surface area contributed by atoms with Crippen LogP contribution in [-0.4, -0.2) is 19.1 Å². The molecule has 1 unspecified atom stereocenters. The zero-order valence-corrected chi connectivity index (χ0v) is 18.1. The van der Waals surface area contributed by atoms with Crippen molar-refractivity contribution in [2.45, 2.75) is 23.6 Å². The van der Waals surface area contributed by atoms with Gasteiger partial charge in [-0.3, -0.25) is 4.79 Å². The van der Waals surface area contributed by atoms with E-state index in [0.29, 0.717) is 18.8 Å². The molecule has 154 valence electrons. The highest BCUT2D eigenvalue weighted by molar-refractivity contribution is 7.98. The van der Waals surface area contributed by atoms with Gasteiger partial charge in [-0.2, -0.15) is 0 Å². The van der Waals surface area contributed by atoms with Crippen LogP contribution in [-0.2, 0) is 5.75 Å². The number of hydrogen-bond donors (Lipinski definition) is 1. The molecule has 0 fully saturated rings. The van der Waals surface area contributed by atoms with Gasteiger partial charge in [0.2, 0.25) is 0 Å². The largest absolute Gasteiger partial charge is 0.486 e. The number of thioether (sulfide) groups is 1. The summed E-state index contributed by atoms with van der Waals surface area (Å²) in [6.45, 7) is 3.06. The number of carbonyl (C=O) groups is 1. The molecule has 0 radical (unpaired) electrons. The van der Waals surface area contributed by atoms with Gasteiger partial charge in [-0.25, -0.2) is 0 Å². The van der Waals surface area contributed by atoms with Crippen LogP contribution in [0, 0.1) is 0 Å². The molecular formula is C24H22ClNO3S. The van der Waals surface area contributed by atoms with Crippen molar-refractivity contribution in [3.05, 3.63) is 88.4 Å². The average Bonchev–Trinajstić information content (AvgIpc) is 2.78. The van der Waals surface area contributed by atoms with Gasteiger partial charge in [-0.1, -0.05) is 29.8 Å². The molecule has 0 saturated heterocycles. The summed E-state index contributed by atoms with van der Waals surface area (Å²) in [4.78, 5) is 13.8. The summed E-state index contributed by atoms with van der Waals surface area (Å²) in [5.74, 6) is 2.20. The Labute approximate surface area is 185 Å². The molecule has 6 heteroatoms. The van der Waals surface area contributed by atoms with Crippen molar-refractivity contribution in [3.63, 3.8) is 0 Å². The summed E-state index contributed by atoms with van der Waals surface area (Å²) in [6, 6.07) is 21.1. The first-order chi connectivity index (χ1) is 14.6. The van der Waals surface area contributed by atoms with Crippen molar-refractivity contribution in [2.75, 3.05) is 13.2 Å². The third-order valence-corrected chi connectivity index (χ3v) is 6.18. The molecule has 0 spiro atoms. The van der Waals surface area contributed by atoms with Crippen molar-refractivity contribution in [1.29, 1.82) is 0 Å². The van der Waals surface area contributed by atoms with E-state index >= 15 is 0 Å². The SMILES string of the molecule is CC(NC(=O)c1ccc(CSc2ccc(Cl)cc2)cc1)c1ccc2c(c1)OCCO2. The normalized spacial score (nSPS) is 13.5. The van der Waals surface area contributed by atoms with E-state index in [1.807, 2.05) is 73.7 Å². The molecule has 0 saturated carbocycles. The maximum Gasteiger partial charge on any atom is 0.251 e. The number of carbonyl (C=O) groups excluding carboxylic acids is 1. The number of rotatable bonds is 6. The fourth-order valence-corrected chi connectivity index (χ4v) is 4.12. The number of fused-ring (bicyclic) bond motifs is 1. The number of hydrogen-bond acceptors (Lipinski definition) is 4. The van der Waals surface area contributed by atoms with E-state index in [9.17, 15) is 4.79 Å². The molecule has 30 heavy (non-hydrogen) atoms. The van der Waals surface area contributed by atoms with Gasteiger partial charge in [-0.15, -0.1) is 11.8 Å². The second kappa shape index (κ2) is 9.45. The van der Waals surface area contributed by atoms with E-state index in [4.69, 9.17) is 21.1 Å². The molecule has 1 aliphatic heterocycles. The summed E-state index contributed by atoms with van der Waals surface area (Å²) in [7, 11) is 0. The highest BCUT2D eigenvalue weighted by Crippen LogP contribution is 2.32. The van der Waals surface area contributed by atoms with Crippen molar-refractivity contribution in [2.24, 2.45) is 0 Å². The molecule has 0 aliphatic carbocycles. The maximum atomic E-state index is 12.7. The monoisotopic (exact) mass is 439 g/mol. The third kappa shape index (κ3) is 5.10. The van der Waals surface area contributed by atoms with Crippen LogP contribution in [0.3, 0.4) is 0 Å². The summed E-state index contributed by atoms with van der Waals surface area (Å²) in [5.41, 5.74) is 2.77. The molecule has 4 rings (SSSR count). The second-order valence-corrected chi connectivity index (χ2v) is 8.52. The van der Waals surface area contributed by atoms with Crippen LogP contribution in [0.4, 0.5) is 0 Å². The zero-order valence-electron chi connectivity index (χ0n) is 16.6. The fourth-order valence-electron chi connectivity index (χ4n) is 3.14. The van der Waals surface area contributed by atoms with E-state index < -0.39 is 0 Å². The van der Waals surface area contributed by atoms with Crippen LogP contribution in [0.5, 0.6) is 11.5 Å². The molecule has 1 aliphatic rings. The zero-order chi connectivity index (χ0) is 20.9. The van der Waals surface area contributed by atoms with Crippen LogP contribution in [0.25, 0.3) is 0 Å². The van der Waals surface area contributed by atoms with Gasteiger partial charge in [0.15, 0.2) is 11.5 Å². The first-order valence-corrected chi connectivity index (χ1v) is 11.1. The molecular weight excluding hydrogens is 418 g/mol. The van der Waals surface area contributed by atoms with E-state index in [2.05, 4.69) is 5.32 Å². The van der Waals surface area contributed by atoms with Gasteiger partial charge in [0, 0.05) is 21.2 Å². The predicted molar refractivity (Wildman–Crippen MR) is 121 cm³/mol. The molecule has 1 atom stereocenters. The standard InChI is InChI=1S/C24H22ClNO3S/c1-16(19-6-11-22-23(14-19)29-13-12-28-22)26-24(27)18-4-2-17(3-5-18)15-30-21-9-7-20(25)8-10-21/h2-11,14,16H,12-13,15H2,1H3,(H,26,27). The first kappa shape index (κ1) is 20.6. The Hall–Kier alpha value is -2.63. The first-order valence-electron chi connectivity index (χ1n) is 9.76. The Bertz CT molecular complexity index is 1020. The Kier molecular flexibility index (Phi) is 6.50. The van der Waals surface area contributed by atoms with Gasteiger partial charge < -0.3 is 14.8 Å². The lowest BCUT2D eigenvalue weighted by Crippen LogP contribution is -2.26. The van der Waals surface area contributed by atoms with E-state index in [1.54, 1.807) is 11.8 Å². The number of amides is 1. The topological polar surface area (TPSA) is 47.6 Å². The quantitative estimate of drug-likeness (QED) is 0.486. The van der Waals surface area contributed by atoms with Crippen molar-refractivity contribution in [1.82, 2.24) is 5.32 Å². The molecule has 4 nitrogen and oxygen atoms in total. The number of ether oxygens (including phenoxy) is 2. The number of halogens is 1. The number of nitrogens with one attached hydrogen (secondary N) is 1. The van der Waals surface area contributed by atoms with Crippen molar-refractivity contribution in [3.8, 4) is 11.5 Å². The summed E-state index contributed by atoms with van der Waals surface area (Å²) < 4.78 is 11.2. The van der Waals surface area contributed by atoms with Gasteiger partial charge in [0.1, 0.15) is 13.2 Å². The Morgan fingerprint density at radius 3 is 2.43 bits per heavy atom. The summed E-state index contributed by atoms with van der Waals surface area (Å²) in [5, 5.41) is 3.79. The summed E-state index contributed by atoms with van der Waals surface area (Å²) >= 11 is 7.66. The lowest BCUT2D eigenvalue weighted by atomic mass is 10.1. The molecule has 3 aromatic carbocycles. The highest BCUT2D eigenvalue weighted by atomic mass is 35.5. The lowest BCUT2D eigenvalue weighted by molar-refractivity contribution is 0.0939. The molecule has 1 heterocycles. The van der Waals surface area contributed by atoms with Crippen LogP contribution < -0.4 is 14.8 Å². The van der Waals surface area contributed by atoms with Crippen LogP contribution in [0.15, 0.2) is 71.6 Å². The van der Waals surface area contributed by atoms with Crippen molar-refractivity contribution < 1.29 is 14.3 Å². The smallest absolute Gasteiger partial charge is 0.251 e. The third-order valence-electron chi connectivity index (χ3n) is 4.85. The van der Waals surface area contributed by atoms with Gasteiger partial charge in [-0.05, 0) is 66.6 Å². The Morgan fingerprint density at radius 1 is 1.00 bits per heavy atom. The van der Waals surface area contributed by atoms with Crippen LogP contribution in [0.1, 0.15) is 34.5 Å². The van der Waals surface area contributed by atoms with Crippen LogP contribution in [0.2, 0.25) is 5.02 Å². The highest BCUT2D eigenvalue weighted by Gasteiger charge is 2.16. The molecule has 1 amide bonds. The summed E-state index contributed by atoms with van der Waals surface area (Å²) in [6.07, 6.45) is 0. The van der Waals surface area contributed by atoms with Gasteiger partial charge >= 0.3 is 0 Å². The Morgan fingerprint density at radius 2 is 1.70 bits per heavy atom. The predicted octanol–water partition coefficient (Wildman–Crippen LogP) is 5.89. The van der Waals surface area contributed by atoms with Gasteiger partial charge in [0.25, 0.3) is 5.91 Å². The second-order valence-electron chi connectivity index (χ2n) is 7.04. The molecule has 0 bridgehead atoms. The molecule has 1 N–H and O–H groups in total. The maximum absolute atomic E-state index is 12.7. The minimum absolute atomic E-state index is 0.103. The van der Waals surface area contributed by atoms with E-state index in [-0.39, 0.29) is 11.9 Å². The van der Waals surface area contributed by atoms with Crippen molar-refractivity contribution >= 4 is 29.3 Å². The lowest BCUT2D eigenvalue weighted by Gasteiger charge is -2.21. The fraction of sp³-hybridized carbons (Fsp3) is 0.208. The molecule has 3 aromatic rings. The van der Waals surface area contributed by atoms with Gasteiger partial charge in [0.05, 0.1) is 6.04 Å². The van der Waals surface area contributed by atoms with E-state index in [0.717, 1.165) is 38.3 Å². The van der Waals surface area contributed by atoms with Crippen LogP contribution >= 0.6 is 23.4 Å².